The molecule has 0 aliphatic carbocycles. The highest BCUT2D eigenvalue weighted by Crippen LogP contribution is 2.37. The molecule has 0 unspecified atom stereocenters. The number of carbonyl (C=O) groups is 1. The molecular formula is C15H30O4Si. The molecule has 0 N–H and O–H groups in total. The number of ether oxygens (including phenoxy) is 2. The quantitative estimate of drug-likeness (QED) is 0.730. The number of rotatable bonds is 5. The zero-order valence-electron chi connectivity index (χ0n) is 14.2. The normalized spacial score (nSPS) is 24.7. The first-order valence-corrected chi connectivity index (χ1v) is 10.3. The van der Waals surface area contributed by atoms with Crippen LogP contribution < -0.4 is 0 Å². The van der Waals surface area contributed by atoms with Crippen molar-refractivity contribution in [2.24, 2.45) is 5.92 Å². The van der Waals surface area contributed by atoms with Gasteiger partial charge in [-0.2, -0.15) is 0 Å². The van der Waals surface area contributed by atoms with Crippen LogP contribution in [0.5, 0.6) is 0 Å². The van der Waals surface area contributed by atoms with Crippen molar-refractivity contribution < 1.29 is 18.7 Å². The summed E-state index contributed by atoms with van der Waals surface area (Å²) in [5.74, 6) is -0.735. The molecule has 2 atom stereocenters. The van der Waals surface area contributed by atoms with E-state index in [0.717, 1.165) is 0 Å². The van der Waals surface area contributed by atoms with Gasteiger partial charge in [-0.3, -0.25) is 4.79 Å². The van der Waals surface area contributed by atoms with E-state index in [1.54, 1.807) is 0 Å². The number of hydrogen-bond donors (Lipinski definition) is 0. The van der Waals surface area contributed by atoms with Crippen molar-refractivity contribution in [3.8, 4) is 0 Å². The van der Waals surface area contributed by atoms with E-state index in [4.69, 9.17) is 13.9 Å². The first kappa shape index (κ1) is 17.8. The lowest BCUT2D eigenvalue weighted by Gasteiger charge is -2.37. The molecule has 4 nitrogen and oxygen atoms in total. The lowest BCUT2D eigenvalue weighted by Crippen LogP contribution is -2.43. The second kappa shape index (κ2) is 5.87. The number of ketones is 1. The minimum absolute atomic E-state index is 0.0780. The fourth-order valence-corrected chi connectivity index (χ4v) is 2.88. The van der Waals surface area contributed by atoms with E-state index in [2.05, 4.69) is 33.9 Å². The van der Waals surface area contributed by atoms with Gasteiger partial charge in [0.15, 0.2) is 19.9 Å². The van der Waals surface area contributed by atoms with Crippen molar-refractivity contribution in [3.63, 3.8) is 0 Å². The maximum atomic E-state index is 12.3. The molecule has 1 aliphatic heterocycles. The molecule has 118 valence electrons. The minimum atomic E-state index is -1.81. The van der Waals surface area contributed by atoms with Crippen LogP contribution in [-0.4, -0.2) is 39.2 Å². The van der Waals surface area contributed by atoms with Crippen LogP contribution in [-0.2, 0) is 18.7 Å². The molecule has 0 aromatic rings. The Morgan fingerprint density at radius 3 is 2.35 bits per heavy atom. The van der Waals surface area contributed by atoms with Gasteiger partial charge in [-0.1, -0.05) is 27.7 Å². The van der Waals surface area contributed by atoms with Crippen LogP contribution in [0.4, 0.5) is 0 Å². The Hall–Kier alpha value is -0.233. The maximum Gasteiger partial charge on any atom is 0.192 e. The van der Waals surface area contributed by atoms with Gasteiger partial charge in [0.05, 0.1) is 6.61 Å². The zero-order valence-corrected chi connectivity index (χ0v) is 15.2. The summed E-state index contributed by atoms with van der Waals surface area (Å²) in [6.45, 7) is 17.4. The van der Waals surface area contributed by atoms with Gasteiger partial charge in [0.2, 0.25) is 0 Å². The standard InChI is InChI=1S/C15H30O4Si/c1-11(9-18-20(7,8)14(2,3)4)13(16)12-10-17-15(5,6)19-12/h11-12H,9-10H2,1-8H3/t11-,12+/m0/s1. The topological polar surface area (TPSA) is 44.8 Å². The first-order chi connectivity index (χ1) is 8.86. The predicted molar refractivity (Wildman–Crippen MR) is 82.2 cm³/mol. The Morgan fingerprint density at radius 2 is 1.95 bits per heavy atom. The number of hydrogen-bond acceptors (Lipinski definition) is 4. The lowest BCUT2D eigenvalue weighted by atomic mass is 10.0. The van der Waals surface area contributed by atoms with Gasteiger partial charge < -0.3 is 13.9 Å². The van der Waals surface area contributed by atoms with Gasteiger partial charge in [-0.25, -0.2) is 0 Å². The summed E-state index contributed by atoms with van der Waals surface area (Å²) in [7, 11) is -1.81. The summed E-state index contributed by atoms with van der Waals surface area (Å²) >= 11 is 0. The van der Waals surface area contributed by atoms with Crippen LogP contribution in [0.2, 0.25) is 18.1 Å². The second-order valence-corrected chi connectivity index (χ2v) is 12.5. The molecule has 0 spiro atoms. The Kier molecular flexibility index (Phi) is 5.23. The fraction of sp³-hybridized carbons (Fsp3) is 0.933. The minimum Gasteiger partial charge on any atom is -0.416 e. The summed E-state index contributed by atoms with van der Waals surface area (Å²) in [5, 5.41) is 0.157. The van der Waals surface area contributed by atoms with Crippen LogP contribution in [0.15, 0.2) is 0 Å². The van der Waals surface area contributed by atoms with Gasteiger partial charge >= 0.3 is 0 Å². The Bertz CT molecular complexity index is 357. The van der Waals surface area contributed by atoms with E-state index in [1.165, 1.54) is 0 Å². The van der Waals surface area contributed by atoms with Crippen molar-refractivity contribution in [2.75, 3.05) is 13.2 Å². The number of carbonyl (C=O) groups excluding carboxylic acids is 1. The van der Waals surface area contributed by atoms with Gasteiger partial charge in [0.25, 0.3) is 0 Å². The van der Waals surface area contributed by atoms with Crippen LogP contribution in [0, 0.1) is 5.92 Å². The molecule has 5 heteroatoms. The molecule has 1 aliphatic rings. The Labute approximate surface area is 124 Å². The van der Waals surface area contributed by atoms with Crippen molar-refractivity contribution in [1.29, 1.82) is 0 Å². The second-order valence-electron chi connectivity index (χ2n) is 7.69. The third-order valence-corrected chi connectivity index (χ3v) is 8.81. The van der Waals surface area contributed by atoms with Crippen molar-refractivity contribution in [3.05, 3.63) is 0 Å². The molecule has 0 saturated carbocycles. The maximum absolute atomic E-state index is 12.3. The number of Topliss-reactive ketones (excluding diaryl/α,β-unsaturated/α-hetero) is 1. The molecule has 0 radical (unpaired) electrons. The highest BCUT2D eigenvalue weighted by atomic mass is 28.4. The van der Waals surface area contributed by atoms with Crippen molar-refractivity contribution >= 4 is 14.1 Å². The zero-order chi connectivity index (χ0) is 15.8. The smallest absolute Gasteiger partial charge is 0.192 e. The van der Waals surface area contributed by atoms with Gasteiger partial charge in [-0.15, -0.1) is 0 Å². The molecule has 20 heavy (non-hydrogen) atoms. The summed E-state index contributed by atoms with van der Waals surface area (Å²) < 4.78 is 17.2. The highest BCUT2D eigenvalue weighted by molar-refractivity contribution is 6.74. The fourth-order valence-electron chi connectivity index (χ4n) is 1.78. The Balaban J connectivity index is 2.52. The average molecular weight is 302 g/mol. The third-order valence-electron chi connectivity index (χ3n) is 4.31. The SMILES string of the molecule is C[C@@H](CO[Si](C)(C)C(C)(C)C)C(=O)[C@H]1COC(C)(C)O1. The van der Waals surface area contributed by atoms with Crippen LogP contribution in [0.25, 0.3) is 0 Å². The van der Waals surface area contributed by atoms with E-state index < -0.39 is 20.2 Å². The largest absolute Gasteiger partial charge is 0.416 e. The first-order valence-electron chi connectivity index (χ1n) is 7.35. The monoisotopic (exact) mass is 302 g/mol. The lowest BCUT2D eigenvalue weighted by molar-refractivity contribution is -0.154. The van der Waals surface area contributed by atoms with E-state index in [9.17, 15) is 4.79 Å². The van der Waals surface area contributed by atoms with Gasteiger partial charge in [0, 0.05) is 12.5 Å². The van der Waals surface area contributed by atoms with E-state index in [-0.39, 0.29) is 16.7 Å². The summed E-state index contributed by atoms with van der Waals surface area (Å²) in [4.78, 5) is 12.3. The third kappa shape index (κ3) is 4.38. The van der Waals surface area contributed by atoms with E-state index >= 15 is 0 Å². The molecule has 0 aromatic heterocycles. The van der Waals surface area contributed by atoms with Crippen LogP contribution in [0.1, 0.15) is 41.5 Å². The molecule has 0 amide bonds. The molecule has 1 saturated heterocycles. The molecule has 1 rings (SSSR count). The van der Waals surface area contributed by atoms with E-state index in [0.29, 0.717) is 13.2 Å². The molecule has 0 bridgehead atoms. The van der Waals surface area contributed by atoms with E-state index in [1.807, 2.05) is 20.8 Å². The molecule has 0 aromatic carbocycles. The predicted octanol–water partition coefficient (Wildman–Crippen LogP) is 3.36. The summed E-state index contributed by atoms with van der Waals surface area (Å²) in [6, 6.07) is 0. The van der Waals surface area contributed by atoms with Gasteiger partial charge in [-0.05, 0) is 32.0 Å². The Morgan fingerprint density at radius 1 is 1.40 bits per heavy atom. The van der Waals surface area contributed by atoms with Crippen molar-refractivity contribution in [1.82, 2.24) is 0 Å². The van der Waals surface area contributed by atoms with Crippen LogP contribution in [0.3, 0.4) is 0 Å². The highest BCUT2D eigenvalue weighted by Gasteiger charge is 2.40. The average Bonchev–Trinajstić information content (AvgIpc) is 2.64. The van der Waals surface area contributed by atoms with Gasteiger partial charge in [0.1, 0.15) is 6.10 Å². The van der Waals surface area contributed by atoms with Crippen LogP contribution >= 0.6 is 0 Å². The summed E-state index contributed by atoms with van der Waals surface area (Å²) in [5.41, 5.74) is 0. The van der Waals surface area contributed by atoms with Crippen molar-refractivity contribution in [2.45, 2.75) is 71.6 Å². The molecular weight excluding hydrogens is 272 g/mol. The molecule has 1 fully saturated rings. The summed E-state index contributed by atoms with van der Waals surface area (Å²) in [6.07, 6.45) is -0.456. The molecule has 1 heterocycles.